The summed E-state index contributed by atoms with van der Waals surface area (Å²) in [5.41, 5.74) is -0.230. The Kier molecular flexibility index (Phi) is 6.04. The topological polar surface area (TPSA) is 38.1 Å². The quantitative estimate of drug-likeness (QED) is 0.753. The molecule has 108 valence electrons. The van der Waals surface area contributed by atoms with E-state index in [-0.39, 0.29) is 11.1 Å². The summed E-state index contributed by atoms with van der Waals surface area (Å²) in [6, 6.07) is 0. The van der Waals surface area contributed by atoms with Crippen molar-refractivity contribution in [1.29, 1.82) is 0 Å². The minimum absolute atomic E-state index is 0.00736. The van der Waals surface area contributed by atoms with E-state index in [0.717, 1.165) is 31.3 Å². The molecule has 0 aliphatic rings. The molecule has 0 aliphatic heterocycles. The van der Waals surface area contributed by atoms with Crippen LogP contribution >= 0.6 is 15.9 Å². The second-order valence-electron chi connectivity index (χ2n) is 5.63. The Hall–Kier alpha value is -0.840. The third-order valence-electron chi connectivity index (χ3n) is 2.98. The van der Waals surface area contributed by atoms with Crippen LogP contribution in [0.3, 0.4) is 0 Å². The van der Waals surface area contributed by atoms with Crippen molar-refractivity contribution in [3.63, 3.8) is 0 Å². The van der Waals surface area contributed by atoms with Gasteiger partial charge in [0.25, 0.3) is 5.56 Å². The van der Waals surface area contributed by atoms with Crippen LogP contribution in [-0.2, 0) is 5.54 Å². The van der Waals surface area contributed by atoms with Crippen LogP contribution in [0.25, 0.3) is 0 Å². The third-order valence-corrected chi connectivity index (χ3v) is 3.34. The summed E-state index contributed by atoms with van der Waals surface area (Å²) >= 11 is 3.44. The van der Waals surface area contributed by atoms with Crippen LogP contribution in [0.5, 0.6) is 0 Å². The van der Waals surface area contributed by atoms with E-state index in [2.05, 4.69) is 32.7 Å². The monoisotopic (exact) mass is 329 g/mol. The lowest BCUT2D eigenvalue weighted by atomic mass is 10.1. The van der Waals surface area contributed by atoms with Gasteiger partial charge >= 0.3 is 0 Å². The molecular formula is C14H24BrN3O. The number of aromatic nitrogens is 2. The molecule has 1 heterocycles. The molecule has 4 nitrogen and oxygen atoms in total. The molecule has 1 aromatic rings. The van der Waals surface area contributed by atoms with E-state index in [1.54, 1.807) is 17.0 Å². The molecule has 0 saturated heterocycles. The first-order valence-electron chi connectivity index (χ1n) is 6.81. The smallest absolute Gasteiger partial charge is 0.293 e. The van der Waals surface area contributed by atoms with Gasteiger partial charge in [-0.2, -0.15) is 0 Å². The minimum atomic E-state index is -0.223. The van der Waals surface area contributed by atoms with Crippen molar-refractivity contribution in [2.24, 2.45) is 0 Å². The maximum atomic E-state index is 12.5. The number of anilines is 1. The fraction of sp³-hybridized carbons (Fsp3) is 0.714. The van der Waals surface area contributed by atoms with Crippen molar-refractivity contribution in [2.75, 3.05) is 23.3 Å². The van der Waals surface area contributed by atoms with Crippen LogP contribution in [0.1, 0.15) is 40.5 Å². The number of rotatable bonds is 6. The molecule has 0 spiro atoms. The van der Waals surface area contributed by atoms with E-state index < -0.39 is 0 Å². The van der Waals surface area contributed by atoms with Gasteiger partial charge < -0.3 is 9.47 Å². The van der Waals surface area contributed by atoms with Crippen LogP contribution in [0.2, 0.25) is 0 Å². The van der Waals surface area contributed by atoms with Gasteiger partial charge in [0.2, 0.25) is 0 Å². The van der Waals surface area contributed by atoms with Crippen LogP contribution < -0.4 is 10.5 Å². The Bertz CT molecular complexity index is 451. The van der Waals surface area contributed by atoms with Gasteiger partial charge in [-0.1, -0.05) is 29.3 Å². The lowest BCUT2D eigenvalue weighted by Gasteiger charge is -2.26. The molecule has 5 heteroatoms. The molecule has 0 unspecified atom stereocenters. The molecule has 0 aromatic carbocycles. The van der Waals surface area contributed by atoms with Crippen molar-refractivity contribution in [2.45, 2.75) is 46.1 Å². The Morgan fingerprint density at radius 1 is 1.37 bits per heavy atom. The molecule has 0 N–H and O–H groups in total. The number of unbranched alkanes of at least 4 members (excludes halogenated alkanes) is 1. The molecule has 0 amide bonds. The average molecular weight is 330 g/mol. The average Bonchev–Trinajstić information content (AvgIpc) is 2.33. The number of alkyl halides is 1. The zero-order chi connectivity index (χ0) is 14.5. The SMILES string of the molecule is CCCCN(CCBr)c1nccn(C(C)(C)C)c1=O. The molecule has 1 aromatic heterocycles. The van der Waals surface area contributed by atoms with E-state index in [1.807, 2.05) is 20.8 Å². The first-order valence-corrected chi connectivity index (χ1v) is 7.93. The van der Waals surface area contributed by atoms with Gasteiger partial charge in [-0.15, -0.1) is 0 Å². The second kappa shape index (κ2) is 7.08. The van der Waals surface area contributed by atoms with E-state index in [4.69, 9.17) is 0 Å². The number of hydrogen-bond donors (Lipinski definition) is 0. The van der Waals surface area contributed by atoms with Crippen LogP contribution in [0.15, 0.2) is 17.2 Å². The van der Waals surface area contributed by atoms with Crippen molar-refractivity contribution in [3.05, 3.63) is 22.7 Å². The van der Waals surface area contributed by atoms with E-state index >= 15 is 0 Å². The van der Waals surface area contributed by atoms with Gasteiger partial charge in [-0.3, -0.25) is 4.79 Å². The van der Waals surface area contributed by atoms with Crippen molar-refractivity contribution >= 4 is 21.7 Å². The first-order chi connectivity index (χ1) is 8.91. The number of nitrogens with zero attached hydrogens (tertiary/aromatic N) is 3. The molecule has 0 radical (unpaired) electrons. The maximum absolute atomic E-state index is 12.5. The van der Waals surface area contributed by atoms with E-state index in [0.29, 0.717) is 5.82 Å². The van der Waals surface area contributed by atoms with Gasteiger partial charge in [-0.25, -0.2) is 4.98 Å². The molecule has 0 fully saturated rings. The Morgan fingerprint density at radius 2 is 2.05 bits per heavy atom. The van der Waals surface area contributed by atoms with Gasteiger partial charge in [0, 0.05) is 36.4 Å². The van der Waals surface area contributed by atoms with Crippen LogP contribution in [-0.4, -0.2) is 28.0 Å². The van der Waals surface area contributed by atoms with Crippen molar-refractivity contribution < 1.29 is 0 Å². The molecule has 0 aliphatic carbocycles. The highest BCUT2D eigenvalue weighted by Crippen LogP contribution is 2.13. The number of hydrogen-bond acceptors (Lipinski definition) is 3. The van der Waals surface area contributed by atoms with Crippen molar-refractivity contribution in [3.8, 4) is 0 Å². The Balaban J connectivity index is 3.13. The summed E-state index contributed by atoms with van der Waals surface area (Å²) < 4.78 is 1.75. The molecule has 0 bridgehead atoms. The lowest BCUT2D eigenvalue weighted by Crippen LogP contribution is -2.39. The van der Waals surface area contributed by atoms with Crippen LogP contribution in [0.4, 0.5) is 5.82 Å². The van der Waals surface area contributed by atoms with Gasteiger partial charge in [0.1, 0.15) is 0 Å². The van der Waals surface area contributed by atoms with Gasteiger partial charge in [0.05, 0.1) is 0 Å². The van der Waals surface area contributed by atoms with Crippen molar-refractivity contribution in [1.82, 2.24) is 9.55 Å². The summed E-state index contributed by atoms with van der Waals surface area (Å²) in [5.74, 6) is 0.560. The predicted octanol–water partition coefficient (Wildman–Crippen LogP) is 3.00. The normalized spacial score (nSPS) is 11.6. The second-order valence-corrected chi connectivity index (χ2v) is 6.42. The lowest BCUT2D eigenvalue weighted by molar-refractivity contribution is 0.382. The zero-order valence-electron chi connectivity index (χ0n) is 12.3. The standard InChI is InChI=1S/C14H24BrN3O/c1-5-6-9-17(10-7-15)12-13(19)18(11-8-16-12)14(2,3)4/h8,11H,5-7,9-10H2,1-4H3. The minimum Gasteiger partial charge on any atom is -0.351 e. The van der Waals surface area contributed by atoms with E-state index in [1.165, 1.54) is 0 Å². The summed E-state index contributed by atoms with van der Waals surface area (Å²) in [6.45, 7) is 9.91. The summed E-state index contributed by atoms with van der Waals surface area (Å²) in [6.07, 6.45) is 5.66. The molecular weight excluding hydrogens is 306 g/mol. The fourth-order valence-corrected chi connectivity index (χ4v) is 2.35. The highest BCUT2D eigenvalue weighted by molar-refractivity contribution is 9.09. The maximum Gasteiger partial charge on any atom is 0.293 e. The largest absolute Gasteiger partial charge is 0.351 e. The van der Waals surface area contributed by atoms with E-state index in [9.17, 15) is 4.79 Å². The van der Waals surface area contributed by atoms with Gasteiger partial charge in [-0.05, 0) is 27.2 Å². The molecule has 0 atom stereocenters. The van der Waals surface area contributed by atoms with Crippen LogP contribution in [0, 0.1) is 0 Å². The highest BCUT2D eigenvalue weighted by atomic mass is 79.9. The summed E-state index contributed by atoms with van der Waals surface area (Å²) in [7, 11) is 0. The highest BCUT2D eigenvalue weighted by Gasteiger charge is 2.19. The summed E-state index contributed by atoms with van der Waals surface area (Å²) in [4.78, 5) is 18.9. The zero-order valence-corrected chi connectivity index (χ0v) is 13.9. The molecule has 19 heavy (non-hydrogen) atoms. The fourth-order valence-electron chi connectivity index (χ4n) is 1.92. The third kappa shape index (κ3) is 4.34. The number of halogens is 1. The first kappa shape index (κ1) is 16.2. The molecule has 1 rings (SSSR count). The Morgan fingerprint density at radius 3 is 2.58 bits per heavy atom. The summed E-state index contributed by atoms with van der Waals surface area (Å²) in [5, 5.41) is 0.836. The Labute approximate surface area is 124 Å². The molecule has 0 saturated carbocycles. The van der Waals surface area contributed by atoms with Gasteiger partial charge in [0.15, 0.2) is 5.82 Å². The predicted molar refractivity (Wildman–Crippen MR) is 84.4 cm³/mol.